The molecule has 0 radical (unpaired) electrons. The summed E-state index contributed by atoms with van der Waals surface area (Å²) >= 11 is 0. The van der Waals surface area contributed by atoms with E-state index in [1.807, 2.05) is 20.8 Å². The van der Waals surface area contributed by atoms with E-state index < -0.39 is 17.5 Å². The van der Waals surface area contributed by atoms with Crippen LogP contribution in [0.5, 0.6) is 0 Å². The molecule has 1 aliphatic heterocycles. The molecule has 0 bridgehead atoms. The van der Waals surface area contributed by atoms with E-state index in [1.54, 1.807) is 19.0 Å². The summed E-state index contributed by atoms with van der Waals surface area (Å²) in [5, 5.41) is 0. The van der Waals surface area contributed by atoms with Crippen LogP contribution in [-0.4, -0.2) is 53.9 Å². The normalized spacial score (nSPS) is 25.8. The maximum atomic E-state index is 13.4. The van der Waals surface area contributed by atoms with Crippen molar-refractivity contribution in [3.05, 3.63) is 0 Å². The second kappa shape index (κ2) is 3.95. The largest absolute Gasteiger partial charge is 0.347 e. The van der Waals surface area contributed by atoms with E-state index in [2.05, 4.69) is 0 Å². The Hall–Kier alpha value is -0.710. The molecule has 1 aliphatic rings. The Morgan fingerprint density at radius 3 is 2.25 bits per heavy atom. The van der Waals surface area contributed by atoms with Gasteiger partial charge in [-0.1, -0.05) is 0 Å². The fraction of sp³-hybridized carbons (Fsp3) is 0.909. The topological polar surface area (TPSA) is 23.6 Å². The van der Waals surface area contributed by atoms with Crippen LogP contribution in [0.4, 0.5) is 8.78 Å². The lowest BCUT2D eigenvalue weighted by molar-refractivity contribution is -0.135. The maximum Gasteiger partial charge on any atom is 0.262 e. The second-order valence-electron chi connectivity index (χ2n) is 5.61. The SMILES string of the molecule is CN(C)C(=O)[C@@H]1CC(F)(F)CN1C(C)(C)C. The third-order valence-electron chi connectivity index (χ3n) is 2.86. The zero-order valence-corrected chi connectivity index (χ0v) is 10.6. The molecule has 0 N–H and O–H groups in total. The molecule has 1 amide bonds. The van der Waals surface area contributed by atoms with Crippen LogP contribution in [0.25, 0.3) is 0 Å². The molecule has 5 heteroatoms. The van der Waals surface area contributed by atoms with Crippen molar-refractivity contribution in [1.29, 1.82) is 0 Å². The van der Waals surface area contributed by atoms with E-state index >= 15 is 0 Å². The van der Waals surface area contributed by atoms with Crippen LogP contribution in [-0.2, 0) is 4.79 Å². The monoisotopic (exact) mass is 234 g/mol. The minimum atomic E-state index is -2.76. The van der Waals surface area contributed by atoms with E-state index in [1.165, 1.54) is 4.90 Å². The summed E-state index contributed by atoms with van der Waals surface area (Å²) in [6.45, 7) is 5.22. The summed E-state index contributed by atoms with van der Waals surface area (Å²) in [6.07, 6.45) is -0.374. The van der Waals surface area contributed by atoms with Crippen LogP contribution in [0.1, 0.15) is 27.2 Å². The molecule has 0 aliphatic carbocycles. The lowest BCUT2D eigenvalue weighted by Crippen LogP contribution is -2.51. The van der Waals surface area contributed by atoms with Crippen molar-refractivity contribution >= 4 is 5.91 Å². The molecule has 0 spiro atoms. The van der Waals surface area contributed by atoms with Gasteiger partial charge in [0.25, 0.3) is 5.92 Å². The Morgan fingerprint density at radius 1 is 1.38 bits per heavy atom. The number of nitrogens with zero attached hydrogens (tertiary/aromatic N) is 2. The molecule has 0 aromatic carbocycles. The number of likely N-dealkylation sites (tertiary alicyclic amines) is 1. The number of amides is 1. The number of alkyl halides is 2. The summed E-state index contributed by atoms with van der Waals surface area (Å²) in [5.41, 5.74) is -0.420. The molecule has 94 valence electrons. The first-order valence-corrected chi connectivity index (χ1v) is 5.40. The number of hydrogen-bond acceptors (Lipinski definition) is 2. The average Bonchev–Trinajstić information content (AvgIpc) is 2.39. The molecular weight excluding hydrogens is 214 g/mol. The van der Waals surface area contributed by atoms with Gasteiger partial charge in [-0.2, -0.15) is 0 Å². The smallest absolute Gasteiger partial charge is 0.262 e. The Bertz CT molecular complexity index is 284. The predicted octanol–water partition coefficient (Wildman–Crippen LogP) is 1.58. The van der Waals surface area contributed by atoms with Gasteiger partial charge in [0.2, 0.25) is 5.91 Å². The van der Waals surface area contributed by atoms with Crippen molar-refractivity contribution in [1.82, 2.24) is 9.80 Å². The van der Waals surface area contributed by atoms with Crippen molar-refractivity contribution in [3.63, 3.8) is 0 Å². The van der Waals surface area contributed by atoms with Crippen LogP contribution in [0.2, 0.25) is 0 Å². The number of likely N-dealkylation sites (N-methyl/N-ethyl adjacent to an activating group) is 1. The molecule has 1 heterocycles. The van der Waals surface area contributed by atoms with E-state index in [0.717, 1.165) is 0 Å². The standard InChI is InChI=1S/C11H20F2N2O/c1-10(2,3)15-7-11(12,13)6-8(15)9(16)14(4)5/h8H,6-7H2,1-5H3/t8-/m0/s1. The lowest BCUT2D eigenvalue weighted by Gasteiger charge is -2.36. The number of carbonyl (C=O) groups excluding carboxylic acids is 1. The molecule has 1 fully saturated rings. The lowest BCUT2D eigenvalue weighted by atomic mass is 10.0. The highest BCUT2D eigenvalue weighted by Gasteiger charge is 2.51. The Labute approximate surface area is 95.4 Å². The number of carbonyl (C=O) groups is 1. The maximum absolute atomic E-state index is 13.4. The Morgan fingerprint density at radius 2 is 1.88 bits per heavy atom. The fourth-order valence-corrected chi connectivity index (χ4v) is 2.04. The number of hydrogen-bond donors (Lipinski definition) is 0. The van der Waals surface area contributed by atoms with E-state index in [4.69, 9.17) is 0 Å². The van der Waals surface area contributed by atoms with Gasteiger partial charge < -0.3 is 4.90 Å². The van der Waals surface area contributed by atoms with Gasteiger partial charge in [0, 0.05) is 26.1 Å². The predicted molar refractivity (Wildman–Crippen MR) is 58.5 cm³/mol. The van der Waals surface area contributed by atoms with Crippen LogP contribution in [0.3, 0.4) is 0 Å². The van der Waals surface area contributed by atoms with Gasteiger partial charge in [-0.05, 0) is 20.8 Å². The highest BCUT2D eigenvalue weighted by molar-refractivity contribution is 5.82. The van der Waals surface area contributed by atoms with Gasteiger partial charge >= 0.3 is 0 Å². The van der Waals surface area contributed by atoms with E-state index in [0.29, 0.717) is 0 Å². The van der Waals surface area contributed by atoms with Gasteiger partial charge in [0.1, 0.15) is 0 Å². The molecule has 0 saturated carbocycles. The summed E-state index contributed by atoms with van der Waals surface area (Å²) in [6, 6.07) is -0.704. The second-order valence-corrected chi connectivity index (χ2v) is 5.61. The molecule has 0 aromatic heterocycles. The van der Waals surface area contributed by atoms with Gasteiger partial charge in [-0.15, -0.1) is 0 Å². The average molecular weight is 234 g/mol. The molecule has 16 heavy (non-hydrogen) atoms. The zero-order chi connectivity index (χ0) is 12.7. The van der Waals surface area contributed by atoms with Crippen molar-refractivity contribution in [2.75, 3.05) is 20.6 Å². The minimum Gasteiger partial charge on any atom is -0.347 e. The summed E-state index contributed by atoms with van der Waals surface area (Å²) in [7, 11) is 3.19. The Kier molecular flexibility index (Phi) is 3.29. The third kappa shape index (κ3) is 2.70. The van der Waals surface area contributed by atoms with Gasteiger partial charge in [0.05, 0.1) is 12.6 Å². The highest BCUT2D eigenvalue weighted by Crippen LogP contribution is 2.36. The first-order valence-electron chi connectivity index (χ1n) is 5.40. The first kappa shape index (κ1) is 13.4. The first-order chi connectivity index (χ1) is 7.04. The van der Waals surface area contributed by atoms with Crippen molar-refractivity contribution < 1.29 is 13.6 Å². The molecule has 0 aromatic rings. The van der Waals surface area contributed by atoms with Crippen molar-refractivity contribution in [3.8, 4) is 0 Å². The molecular formula is C11H20F2N2O. The third-order valence-corrected chi connectivity index (χ3v) is 2.86. The summed E-state index contributed by atoms with van der Waals surface area (Å²) in [4.78, 5) is 14.8. The Balaban J connectivity index is 2.93. The van der Waals surface area contributed by atoms with Crippen molar-refractivity contribution in [2.45, 2.75) is 44.7 Å². The zero-order valence-electron chi connectivity index (χ0n) is 10.6. The quantitative estimate of drug-likeness (QED) is 0.687. The van der Waals surface area contributed by atoms with Gasteiger partial charge in [0.15, 0.2) is 0 Å². The summed E-state index contributed by atoms with van der Waals surface area (Å²) in [5.74, 6) is -3.00. The van der Waals surface area contributed by atoms with Crippen LogP contribution in [0, 0.1) is 0 Å². The molecule has 1 saturated heterocycles. The number of rotatable bonds is 1. The van der Waals surface area contributed by atoms with Crippen LogP contribution in [0.15, 0.2) is 0 Å². The molecule has 1 rings (SSSR count). The summed E-state index contributed by atoms with van der Waals surface area (Å²) < 4.78 is 26.8. The van der Waals surface area contributed by atoms with Crippen LogP contribution < -0.4 is 0 Å². The molecule has 1 atom stereocenters. The molecule has 0 unspecified atom stereocenters. The van der Waals surface area contributed by atoms with Crippen molar-refractivity contribution in [2.24, 2.45) is 0 Å². The molecule has 3 nitrogen and oxygen atoms in total. The highest BCUT2D eigenvalue weighted by atomic mass is 19.3. The van der Waals surface area contributed by atoms with E-state index in [9.17, 15) is 13.6 Å². The minimum absolute atomic E-state index is 0.243. The van der Waals surface area contributed by atoms with Crippen LogP contribution >= 0.6 is 0 Å². The number of halogens is 2. The van der Waals surface area contributed by atoms with Gasteiger partial charge in [-0.3, -0.25) is 9.69 Å². The van der Waals surface area contributed by atoms with E-state index in [-0.39, 0.29) is 18.9 Å². The fourth-order valence-electron chi connectivity index (χ4n) is 2.04. The van der Waals surface area contributed by atoms with Gasteiger partial charge in [-0.25, -0.2) is 8.78 Å².